The molecule has 1 amide bonds. The van der Waals surface area contributed by atoms with E-state index < -0.39 is 0 Å². The van der Waals surface area contributed by atoms with E-state index in [9.17, 15) is 14.4 Å². The summed E-state index contributed by atoms with van der Waals surface area (Å²) in [4.78, 5) is 37.5. The molecule has 1 unspecified atom stereocenters. The molecule has 132 valence electrons. The molecule has 1 saturated carbocycles. The van der Waals surface area contributed by atoms with Gasteiger partial charge >= 0.3 is 5.97 Å². The Morgan fingerprint density at radius 2 is 2.24 bits per heavy atom. The Morgan fingerprint density at radius 3 is 2.96 bits per heavy atom. The SMILES string of the molecule is CC(=O)Oc1cccc2c1[C@]13CCN(C=O)[C@H](C2)[C@@H]1CC(Br)C(=O)C3. The molecule has 1 aliphatic heterocycles. The minimum Gasteiger partial charge on any atom is -0.426 e. The molecule has 25 heavy (non-hydrogen) atoms. The third kappa shape index (κ3) is 2.45. The smallest absolute Gasteiger partial charge is 0.308 e. The number of piperidine rings is 1. The lowest BCUT2D eigenvalue weighted by molar-refractivity contribution is -0.132. The predicted molar refractivity (Wildman–Crippen MR) is 94.8 cm³/mol. The first-order chi connectivity index (χ1) is 12.0. The van der Waals surface area contributed by atoms with E-state index in [0.717, 1.165) is 30.4 Å². The third-order valence-electron chi connectivity index (χ3n) is 6.14. The Morgan fingerprint density at radius 1 is 1.44 bits per heavy atom. The summed E-state index contributed by atoms with van der Waals surface area (Å²) in [6.07, 6.45) is 3.55. The Balaban J connectivity index is 1.91. The monoisotopic (exact) mass is 405 g/mol. The minimum atomic E-state index is -0.352. The number of hydrogen-bond donors (Lipinski definition) is 0. The van der Waals surface area contributed by atoms with Gasteiger partial charge in [0.1, 0.15) is 11.5 Å². The largest absolute Gasteiger partial charge is 0.426 e. The van der Waals surface area contributed by atoms with Crippen molar-refractivity contribution >= 4 is 34.1 Å². The van der Waals surface area contributed by atoms with Crippen molar-refractivity contribution in [2.75, 3.05) is 6.54 Å². The van der Waals surface area contributed by atoms with E-state index in [1.807, 2.05) is 23.1 Å². The van der Waals surface area contributed by atoms with Crippen LogP contribution in [-0.4, -0.2) is 40.5 Å². The molecule has 0 spiro atoms. The maximum Gasteiger partial charge on any atom is 0.308 e. The van der Waals surface area contributed by atoms with Gasteiger partial charge in [-0.2, -0.15) is 0 Å². The van der Waals surface area contributed by atoms with Crippen molar-refractivity contribution in [1.29, 1.82) is 0 Å². The van der Waals surface area contributed by atoms with Crippen LogP contribution >= 0.6 is 15.9 Å². The molecule has 4 atom stereocenters. The van der Waals surface area contributed by atoms with Crippen LogP contribution in [0.3, 0.4) is 0 Å². The van der Waals surface area contributed by atoms with Crippen molar-refractivity contribution in [2.24, 2.45) is 5.92 Å². The average Bonchev–Trinajstić information content (AvgIpc) is 2.55. The fraction of sp³-hybridized carbons (Fsp3) is 0.526. The van der Waals surface area contributed by atoms with Crippen LogP contribution in [0.1, 0.15) is 37.3 Å². The van der Waals surface area contributed by atoms with Gasteiger partial charge in [0.25, 0.3) is 0 Å². The Hall–Kier alpha value is -1.69. The first-order valence-corrected chi connectivity index (χ1v) is 9.56. The zero-order valence-corrected chi connectivity index (χ0v) is 15.6. The highest BCUT2D eigenvalue weighted by molar-refractivity contribution is 9.10. The number of ketones is 1. The second kappa shape index (κ2) is 5.94. The van der Waals surface area contributed by atoms with Gasteiger partial charge in [-0.1, -0.05) is 28.1 Å². The van der Waals surface area contributed by atoms with Crippen LogP contribution in [0.5, 0.6) is 5.75 Å². The number of nitrogens with zero attached hydrogens (tertiary/aromatic N) is 1. The van der Waals surface area contributed by atoms with Crippen LogP contribution in [0, 0.1) is 5.92 Å². The van der Waals surface area contributed by atoms with Gasteiger partial charge in [0.15, 0.2) is 0 Å². The van der Waals surface area contributed by atoms with E-state index in [2.05, 4.69) is 15.9 Å². The van der Waals surface area contributed by atoms with Gasteiger partial charge in [0.05, 0.1) is 4.83 Å². The van der Waals surface area contributed by atoms with Gasteiger partial charge in [-0.05, 0) is 36.8 Å². The van der Waals surface area contributed by atoms with Crippen LogP contribution in [0.15, 0.2) is 18.2 Å². The summed E-state index contributed by atoms with van der Waals surface area (Å²) < 4.78 is 5.52. The Kier molecular flexibility index (Phi) is 3.98. The maximum absolute atomic E-state index is 12.6. The number of ether oxygens (including phenoxy) is 1. The van der Waals surface area contributed by atoms with Gasteiger partial charge in [-0.25, -0.2) is 0 Å². The van der Waals surface area contributed by atoms with Crippen LogP contribution in [-0.2, 0) is 26.2 Å². The topological polar surface area (TPSA) is 63.7 Å². The number of fused-ring (bicyclic) bond motifs is 1. The molecule has 4 rings (SSSR count). The first-order valence-electron chi connectivity index (χ1n) is 8.65. The normalized spacial score (nSPS) is 33.3. The molecule has 0 N–H and O–H groups in total. The summed E-state index contributed by atoms with van der Waals surface area (Å²) >= 11 is 3.52. The first kappa shape index (κ1) is 16.8. The van der Waals surface area contributed by atoms with Crippen molar-refractivity contribution < 1.29 is 19.1 Å². The number of hydrogen-bond acceptors (Lipinski definition) is 4. The van der Waals surface area contributed by atoms with Gasteiger partial charge in [0.2, 0.25) is 6.41 Å². The number of carbonyl (C=O) groups excluding carboxylic acids is 3. The van der Waals surface area contributed by atoms with Gasteiger partial charge in [-0.15, -0.1) is 0 Å². The molecular weight excluding hydrogens is 386 g/mol. The quantitative estimate of drug-likeness (QED) is 0.328. The molecule has 0 aromatic heterocycles. The standard InChI is InChI=1S/C19H20BrNO4/c1-11(23)25-17-4-2-3-12-7-15-13-8-14(20)16(24)9-19(13,18(12)17)5-6-21(15)10-22/h2-4,10,13-15H,5-9H2,1H3/t13-,14?,15+,19-/m0/s1. The predicted octanol–water partition coefficient (Wildman–Crippen LogP) is 2.38. The van der Waals surface area contributed by atoms with Crippen LogP contribution < -0.4 is 4.74 Å². The van der Waals surface area contributed by atoms with E-state index in [1.54, 1.807) is 0 Å². The minimum absolute atomic E-state index is 0.0967. The number of rotatable bonds is 2. The Labute approximate surface area is 154 Å². The van der Waals surface area contributed by atoms with Crippen molar-refractivity contribution in [3.05, 3.63) is 29.3 Å². The molecule has 0 radical (unpaired) electrons. The zero-order valence-electron chi connectivity index (χ0n) is 14.0. The lowest BCUT2D eigenvalue weighted by Gasteiger charge is -2.58. The lowest BCUT2D eigenvalue weighted by atomic mass is 9.52. The van der Waals surface area contributed by atoms with E-state index in [4.69, 9.17) is 4.74 Å². The molecule has 1 aromatic carbocycles. The molecule has 6 heteroatoms. The average molecular weight is 406 g/mol. The van der Waals surface area contributed by atoms with E-state index in [-0.39, 0.29) is 34.0 Å². The van der Waals surface area contributed by atoms with Crippen LogP contribution in [0.25, 0.3) is 0 Å². The van der Waals surface area contributed by atoms with Gasteiger partial charge < -0.3 is 9.64 Å². The lowest BCUT2D eigenvalue weighted by Crippen LogP contribution is -2.63. The third-order valence-corrected chi connectivity index (χ3v) is 7.03. The number of amides is 1. The van der Waals surface area contributed by atoms with Gasteiger partial charge in [0, 0.05) is 36.9 Å². The highest BCUT2D eigenvalue weighted by atomic mass is 79.9. The molecule has 1 heterocycles. The van der Waals surface area contributed by atoms with E-state index in [0.29, 0.717) is 25.1 Å². The van der Waals surface area contributed by atoms with Crippen molar-refractivity contribution in [3.63, 3.8) is 0 Å². The molecule has 3 aliphatic rings. The van der Waals surface area contributed by atoms with Crippen molar-refractivity contribution in [2.45, 2.75) is 48.9 Å². The summed E-state index contributed by atoms with van der Waals surface area (Å²) in [5.74, 6) is 0.612. The summed E-state index contributed by atoms with van der Waals surface area (Å²) in [6, 6.07) is 5.84. The van der Waals surface area contributed by atoms with E-state index in [1.165, 1.54) is 6.92 Å². The number of Topliss-reactive ketones (excluding diaryl/α,β-unsaturated/α-hetero) is 1. The number of carbonyl (C=O) groups is 3. The number of esters is 1. The number of benzene rings is 1. The van der Waals surface area contributed by atoms with E-state index >= 15 is 0 Å². The molecule has 2 bridgehead atoms. The maximum atomic E-state index is 12.6. The second-order valence-corrected chi connectivity index (χ2v) is 8.46. The number of halogens is 1. The van der Waals surface area contributed by atoms with Crippen LogP contribution in [0.2, 0.25) is 0 Å². The highest BCUT2D eigenvalue weighted by Gasteiger charge is 2.58. The van der Waals surface area contributed by atoms with Gasteiger partial charge in [-0.3, -0.25) is 14.4 Å². The Bertz CT molecular complexity index is 764. The summed E-state index contributed by atoms with van der Waals surface area (Å²) in [5.41, 5.74) is 1.77. The fourth-order valence-electron chi connectivity index (χ4n) is 5.22. The highest BCUT2D eigenvalue weighted by Crippen LogP contribution is 2.57. The number of alkyl halides is 1. The molecule has 2 fully saturated rings. The molecule has 5 nitrogen and oxygen atoms in total. The molecule has 1 saturated heterocycles. The molecule has 1 aromatic rings. The van der Waals surface area contributed by atoms with Crippen molar-refractivity contribution in [1.82, 2.24) is 4.90 Å². The summed E-state index contributed by atoms with van der Waals surface area (Å²) in [5, 5.41) is 0. The summed E-state index contributed by atoms with van der Waals surface area (Å²) in [6.45, 7) is 2.04. The zero-order chi connectivity index (χ0) is 17.8. The number of likely N-dealkylation sites (tertiary alicyclic amines) is 1. The fourth-order valence-corrected chi connectivity index (χ4v) is 5.79. The second-order valence-electron chi connectivity index (χ2n) is 7.36. The molecular formula is C19H20BrNO4. The van der Waals surface area contributed by atoms with Crippen LogP contribution in [0.4, 0.5) is 0 Å². The molecule has 2 aliphatic carbocycles. The van der Waals surface area contributed by atoms with Crippen molar-refractivity contribution in [3.8, 4) is 5.75 Å². The summed E-state index contributed by atoms with van der Waals surface area (Å²) in [7, 11) is 0.